The lowest BCUT2D eigenvalue weighted by atomic mass is 10.2. The molecular weight excluding hydrogens is 226 g/mol. The van der Waals surface area contributed by atoms with E-state index in [2.05, 4.69) is 9.97 Å². The van der Waals surface area contributed by atoms with Gasteiger partial charge in [0.2, 0.25) is 0 Å². The summed E-state index contributed by atoms with van der Waals surface area (Å²) in [7, 11) is 0. The smallest absolute Gasteiger partial charge is 0.145 e. The normalized spacial score (nSPS) is 10.4. The Morgan fingerprint density at radius 2 is 1.89 bits per heavy atom. The number of para-hydroxylation sites is 1. The van der Waals surface area contributed by atoms with Gasteiger partial charge in [0.25, 0.3) is 0 Å². The molecule has 0 aliphatic rings. The number of hydrogen-bond acceptors (Lipinski definition) is 3. The zero-order valence-corrected chi connectivity index (χ0v) is 10.9. The number of aryl methyl sites for hydroxylation is 1. The van der Waals surface area contributed by atoms with Crippen LogP contribution in [0.5, 0.6) is 0 Å². The number of imidazole rings is 1. The Morgan fingerprint density at radius 3 is 2.61 bits per heavy atom. The van der Waals surface area contributed by atoms with Gasteiger partial charge in [-0.1, -0.05) is 39.0 Å². The Kier molecular flexibility index (Phi) is 3.46. The van der Waals surface area contributed by atoms with Crippen molar-refractivity contribution in [3.8, 4) is 0 Å². The van der Waals surface area contributed by atoms with Crippen molar-refractivity contribution in [2.75, 3.05) is 0 Å². The standard InChI is InChI=1S/C12H11N3O.C2H6/c1-2-11-14-10-7-13-9-6-4-3-5-8(9)12(10)15(11)16;1-2/h3-7,16H,2H2,1H3;1-2H3. The number of pyridine rings is 1. The summed E-state index contributed by atoms with van der Waals surface area (Å²) in [5.41, 5.74) is 2.34. The Morgan fingerprint density at radius 1 is 1.17 bits per heavy atom. The molecule has 4 heteroatoms. The van der Waals surface area contributed by atoms with Crippen LogP contribution in [0.25, 0.3) is 21.9 Å². The van der Waals surface area contributed by atoms with Crippen LogP contribution in [0.3, 0.4) is 0 Å². The van der Waals surface area contributed by atoms with Crippen molar-refractivity contribution in [2.24, 2.45) is 0 Å². The first-order chi connectivity index (χ1) is 8.81. The Bertz CT molecular complexity index is 673. The molecule has 3 rings (SSSR count). The molecule has 18 heavy (non-hydrogen) atoms. The summed E-state index contributed by atoms with van der Waals surface area (Å²) >= 11 is 0. The molecule has 0 saturated heterocycles. The third kappa shape index (κ3) is 1.79. The van der Waals surface area contributed by atoms with Gasteiger partial charge < -0.3 is 5.21 Å². The topological polar surface area (TPSA) is 50.9 Å². The minimum absolute atomic E-state index is 0.660. The summed E-state index contributed by atoms with van der Waals surface area (Å²) in [4.78, 5) is 8.64. The van der Waals surface area contributed by atoms with Gasteiger partial charge >= 0.3 is 0 Å². The zero-order chi connectivity index (χ0) is 13.1. The summed E-state index contributed by atoms with van der Waals surface area (Å²) in [5.74, 6) is 0.660. The van der Waals surface area contributed by atoms with Gasteiger partial charge in [-0.25, -0.2) is 4.98 Å². The van der Waals surface area contributed by atoms with E-state index >= 15 is 0 Å². The van der Waals surface area contributed by atoms with Crippen molar-refractivity contribution in [3.63, 3.8) is 0 Å². The second kappa shape index (κ2) is 5.04. The summed E-state index contributed by atoms with van der Waals surface area (Å²) in [6.45, 7) is 5.96. The van der Waals surface area contributed by atoms with E-state index in [9.17, 15) is 5.21 Å². The lowest BCUT2D eigenvalue weighted by Crippen LogP contribution is -1.97. The molecule has 4 nitrogen and oxygen atoms in total. The van der Waals surface area contributed by atoms with Gasteiger partial charge in [0.1, 0.15) is 16.9 Å². The molecule has 3 aromatic rings. The van der Waals surface area contributed by atoms with Crippen molar-refractivity contribution in [2.45, 2.75) is 27.2 Å². The van der Waals surface area contributed by atoms with Crippen LogP contribution in [0, 0.1) is 0 Å². The minimum Gasteiger partial charge on any atom is -0.427 e. The van der Waals surface area contributed by atoms with Crippen molar-refractivity contribution in [3.05, 3.63) is 36.3 Å². The molecule has 0 aliphatic carbocycles. The maximum absolute atomic E-state index is 10.0. The number of benzene rings is 1. The first-order valence-electron chi connectivity index (χ1n) is 6.25. The number of rotatable bonds is 1. The first-order valence-corrected chi connectivity index (χ1v) is 6.25. The molecule has 2 aromatic heterocycles. The van der Waals surface area contributed by atoms with Gasteiger partial charge in [-0.05, 0) is 6.07 Å². The molecular formula is C14H17N3O. The highest BCUT2D eigenvalue weighted by molar-refractivity contribution is 6.01. The van der Waals surface area contributed by atoms with E-state index in [0.29, 0.717) is 12.2 Å². The summed E-state index contributed by atoms with van der Waals surface area (Å²) in [5, 5.41) is 10.9. The molecule has 94 valence electrons. The predicted molar refractivity (Wildman–Crippen MR) is 72.9 cm³/mol. The molecule has 0 bridgehead atoms. The maximum atomic E-state index is 10.0. The lowest BCUT2D eigenvalue weighted by Gasteiger charge is -2.00. The fourth-order valence-electron chi connectivity index (χ4n) is 1.96. The second-order valence-corrected chi connectivity index (χ2v) is 3.70. The van der Waals surface area contributed by atoms with Gasteiger partial charge in [0, 0.05) is 11.8 Å². The number of nitrogens with zero attached hydrogens (tertiary/aromatic N) is 3. The van der Waals surface area contributed by atoms with E-state index in [4.69, 9.17) is 0 Å². The summed E-state index contributed by atoms with van der Waals surface area (Å²) < 4.78 is 1.17. The number of fused-ring (bicyclic) bond motifs is 3. The maximum Gasteiger partial charge on any atom is 0.145 e. The van der Waals surface area contributed by atoms with E-state index in [0.717, 1.165) is 21.9 Å². The highest BCUT2D eigenvalue weighted by Crippen LogP contribution is 2.23. The third-order valence-electron chi connectivity index (χ3n) is 2.75. The lowest BCUT2D eigenvalue weighted by molar-refractivity contribution is 0.189. The van der Waals surface area contributed by atoms with Gasteiger partial charge in [-0.2, -0.15) is 4.73 Å². The zero-order valence-electron chi connectivity index (χ0n) is 10.9. The Labute approximate surface area is 106 Å². The molecule has 1 aromatic carbocycles. The molecule has 0 saturated carbocycles. The van der Waals surface area contributed by atoms with Gasteiger partial charge in [-0.15, -0.1) is 0 Å². The summed E-state index contributed by atoms with van der Waals surface area (Å²) in [6.07, 6.45) is 2.39. The van der Waals surface area contributed by atoms with E-state index in [-0.39, 0.29) is 0 Å². The fraction of sp³-hybridized carbons (Fsp3) is 0.286. The van der Waals surface area contributed by atoms with Crippen LogP contribution in [0.1, 0.15) is 26.6 Å². The van der Waals surface area contributed by atoms with Gasteiger partial charge in [0.15, 0.2) is 0 Å². The molecule has 2 heterocycles. The Hall–Kier alpha value is -2.10. The molecule has 0 fully saturated rings. The van der Waals surface area contributed by atoms with Crippen LogP contribution < -0.4 is 0 Å². The van der Waals surface area contributed by atoms with Crippen molar-refractivity contribution in [1.82, 2.24) is 14.7 Å². The van der Waals surface area contributed by atoms with Gasteiger partial charge in [-0.3, -0.25) is 4.98 Å². The largest absolute Gasteiger partial charge is 0.427 e. The molecule has 0 atom stereocenters. The van der Waals surface area contributed by atoms with E-state index < -0.39 is 0 Å². The van der Waals surface area contributed by atoms with Crippen LogP contribution in [-0.2, 0) is 6.42 Å². The van der Waals surface area contributed by atoms with Crippen LogP contribution in [-0.4, -0.2) is 19.9 Å². The van der Waals surface area contributed by atoms with Gasteiger partial charge in [0.05, 0.1) is 11.7 Å². The second-order valence-electron chi connectivity index (χ2n) is 3.70. The van der Waals surface area contributed by atoms with Crippen LogP contribution >= 0.6 is 0 Å². The average Bonchev–Trinajstić information content (AvgIpc) is 2.78. The molecule has 0 spiro atoms. The van der Waals surface area contributed by atoms with Crippen molar-refractivity contribution >= 4 is 21.9 Å². The molecule has 0 amide bonds. The highest BCUT2D eigenvalue weighted by atomic mass is 16.5. The fourth-order valence-corrected chi connectivity index (χ4v) is 1.96. The van der Waals surface area contributed by atoms with E-state index in [1.54, 1.807) is 6.20 Å². The highest BCUT2D eigenvalue weighted by Gasteiger charge is 2.11. The summed E-state index contributed by atoms with van der Waals surface area (Å²) in [6, 6.07) is 7.73. The molecule has 0 aliphatic heterocycles. The minimum atomic E-state index is 0.660. The molecule has 0 unspecified atom stereocenters. The van der Waals surface area contributed by atoms with Crippen LogP contribution in [0.4, 0.5) is 0 Å². The molecule has 1 N–H and O–H groups in total. The quantitative estimate of drug-likeness (QED) is 0.666. The Balaban J connectivity index is 0.000000574. The van der Waals surface area contributed by atoms with Crippen LogP contribution in [0.2, 0.25) is 0 Å². The van der Waals surface area contributed by atoms with Crippen molar-refractivity contribution < 1.29 is 5.21 Å². The van der Waals surface area contributed by atoms with E-state index in [1.165, 1.54) is 4.73 Å². The first kappa shape index (κ1) is 12.4. The monoisotopic (exact) mass is 243 g/mol. The predicted octanol–water partition coefficient (Wildman–Crippen LogP) is 3.41. The van der Waals surface area contributed by atoms with Crippen molar-refractivity contribution in [1.29, 1.82) is 0 Å². The SMILES string of the molecule is CC.CCc1nc2cnc3ccccc3c2n1O. The number of aromatic nitrogens is 3. The number of hydrogen-bond donors (Lipinski definition) is 1. The van der Waals surface area contributed by atoms with E-state index in [1.807, 2.05) is 45.0 Å². The average molecular weight is 243 g/mol. The third-order valence-corrected chi connectivity index (χ3v) is 2.75. The molecule has 0 radical (unpaired) electrons. The van der Waals surface area contributed by atoms with Crippen LogP contribution in [0.15, 0.2) is 30.5 Å².